The Morgan fingerprint density at radius 3 is 2.92 bits per heavy atom. The Bertz CT molecular complexity index is 744. The number of amides is 1. The number of nitrogens with zero attached hydrogens (tertiary/aromatic N) is 2. The maximum absolute atomic E-state index is 12.0. The second-order valence-corrected chi connectivity index (χ2v) is 8.40. The van der Waals surface area contributed by atoms with E-state index < -0.39 is 22.2 Å². The minimum Gasteiger partial charge on any atom is -0.444 e. The summed E-state index contributed by atoms with van der Waals surface area (Å²) in [6, 6.07) is 6.63. The van der Waals surface area contributed by atoms with Gasteiger partial charge in [0.05, 0.1) is 10.5 Å². The largest absolute Gasteiger partial charge is 0.444 e. The number of hydrogen-bond acceptors (Lipinski definition) is 6. The predicted octanol–water partition coefficient (Wildman–Crippen LogP) is 3.83. The second kappa shape index (κ2) is 6.33. The van der Waals surface area contributed by atoms with E-state index in [0.717, 1.165) is 24.2 Å². The molecule has 3 rings (SSSR count). The molecular weight excluding hydrogens is 342 g/mol. The molecule has 0 radical (unpaired) electrons. The highest BCUT2D eigenvalue weighted by Crippen LogP contribution is 2.59. The predicted molar refractivity (Wildman–Crippen MR) is 96.8 cm³/mol. The van der Waals surface area contributed by atoms with Crippen LogP contribution in [-0.2, 0) is 10.3 Å². The molecule has 25 heavy (non-hydrogen) atoms. The number of non-ortho nitro benzene ring substituents is 1. The first-order valence-corrected chi connectivity index (χ1v) is 9.16. The number of carbonyl (C=O) groups excluding carboxylic acids is 1. The van der Waals surface area contributed by atoms with E-state index in [1.54, 1.807) is 32.9 Å². The summed E-state index contributed by atoms with van der Waals surface area (Å²) in [5, 5.41) is 14.3. The highest BCUT2D eigenvalue weighted by molar-refractivity contribution is 8.13. The number of fused-ring (bicyclic) bond motifs is 1. The van der Waals surface area contributed by atoms with Gasteiger partial charge in [0.15, 0.2) is 5.17 Å². The lowest BCUT2D eigenvalue weighted by Gasteiger charge is -2.20. The van der Waals surface area contributed by atoms with E-state index in [9.17, 15) is 14.9 Å². The van der Waals surface area contributed by atoms with Crippen LogP contribution >= 0.6 is 11.8 Å². The number of nitrogens with one attached hydrogen (secondary N) is 1. The van der Waals surface area contributed by atoms with E-state index in [-0.39, 0.29) is 5.69 Å². The van der Waals surface area contributed by atoms with Gasteiger partial charge in [0.2, 0.25) is 0 Å². The van der Waals surface area contributed by atoms with Crippen molar-refractivity contribution in [3.05, 3.63) is 39.9 Å². The van der Waals surface area contributed by atoms with Gasteiger partial charge in [0.1, 0.15) is 5.60 Å². The lowest BCUT2D eigenvalue weighted by molar-refractivity contribution is -0.384. The molecule has 1 aromatic rings. The molecule has 1 N–H and O–H groups in total. The minimum absolute atomic E-state index is 0.0614. The van der Waals surface area contributed by atoms with Crippen molar-refractivity contribution in [2.45, 2.75) is 44.8 Å². The van der Waals surface area contributed by atoms with Crippen LogP contribution in [0.25, 0.3) is 0 Å². The Morgan fingerprint density at radius 1 is 1.48 bits per heavy atom. The molecule has 1 amide bonds. The molecule has 2 atom stereocenters. The van der Waals surface area contributed by atoms with Gasteiger partial charge in [-0.1, -0.05) is 23.9 Å². The molecule has 8 heteroatoms. The lowest BCUT2D eigenvalue weighted by Crippen LogP contribution is -2.35. The molecule has 1 aliphatic carbocycles. The van der Waals surface area contributed by atoms with Gasteiger partial charge in [0, 0.05) is 17.9 Å². The van der Waals surface area contributed by atoms with Crippen molar-refractivity contribution in [2.24, 2.45) is 10.9 Å². The number of nitro benzene ring substituents is 1. The van der Waals surface area contributed by atoms with E-state index in [2.05, 4.69) is 5.32 Å². The van der Waals surface area contributed by atoms with Crippen LogP contribution in [0, 0.1) is 16.0 Å². The van der Waals surface area contributed by atoms with Gasteiger partial charge >= 0.3 is 6.09 Å². The first-order valence-electron chi connectivity index (χ1n) is 8.17. The van der Waals surface area contributed by atoms with Gasteiger partial charge in [-0.3, -0.25) is 20.4 Å². The highest BCUT2D eigenvalue weighted by Gasteiger charge is 2.56. The molecule has 1 heterocycles. The van der Waals surface area contributed by atoms with Crippen molar-refractivity contribution in [3.63, 3.8) is 0 Å². The quantitative estimate of drug-likeness (QED) is 0.636. The molecule has 0 bridgehead atoms. The second-order valence-electron chi connectivity index (χ2n) is 7.31. The van der Waals surface area contributed by atoms with Crippen molar-refractivity contribution in [1.82, 2.24) is 5.32 Å². The molecule has 2 aliphatic rings. The zero-order chi connectivity index (χ0) is 18.2. The summed E-state index contributed by atoms with van der Waals surface area (Å²) in [6.07, 6.45) is 1.26. The smallest absolute Gasteiger partial charge is 0.413 e. The Kier molecular flexibility index (Phi) is 4.49. The Hall–Kier alpha value is -2.09. The number of benzene rings is 1. The molecule has 1 aromatic carbocycles. The summed E-state index contributed by atoms with van der Waals surface area (Å²) in [5.74, 6) is 1.19. The molecule has 0 saturated heterocycles. The van der Waals surface area contributed by atoms with Crippen LogP contribution in [0.5, 0.6) is 0 Å². The van der Waals surface area contributed by atoms with E-state index >= 15 is 0 Å². The molecule has 134 valence electrons. The first-order chi connectivity index (χ1) is 11.7. The first kappa shape index (κ1) is 17.7. The molecule has 1 fully saturated rings. The molecule has 0 unspecified atom stereocenters. The Balaban J connectivity index is 1.85. The van der Waals surface area contributed by atoms with Crippen LogP contribution in [-0.4, -0.2) is 27.5 Å². The lowest BCUT2D eigenvalue weighted by atomic mass is 10.0. The topological polar surface area (TPSA) is 93.8 Å². The number of hydrogen-bond donors (Lipinski definition) is 1. The third-order valence-electron chi connectivity index (χ3n) is 4.24. The third kappa shape index (κ3) is 3.95. The van der Waals surface area contributed by atoms with Crippen LogP contribution < -0.4 is 5.32 Å². The maximum Gasteiger partial charge on any atom is 0.413 e. The molecule has 0 aromatic heterocycles. The van der Waals surface area contributed by atoms with Crippen molar-refractivity contribution in [1.29, 1.82) is 0 Å². The number of aliphatic imine (C=N–C) groups is 1. The van der Waals surface area contributed by atoms with Gasteiger partial charge in [-0.05, 0) is 45.1 Å². The van der Waals surface area contributed by atoms with E-state index in [1.807, 2.05) is 6.07 Å². The molecular formula is C17H21N3O4S. The standard InChI is InChI=1S/C17H21N3O4S/c1-16(2,3)24-15(21)18-14-19-17(10-12(17)7-8-25-14)11-5-4-6-13(9-11)20(22)23/h4-6,9,12H,7-8,10H2,1-3H3,(H,18,19,21)/t12-,17-/m1/s1. The van der Waals surface area contributed by atoms with Crippen molar-refractivity contribution in [2.75, 3.05) is 5.75 Å². The average molecular weight is 363 g/mol. The number of amidine groups is 1. The number of ether oxygens (including phenoxy) is 1. The summed E-state index contributed by atoms with van der Waals surface area (Å²) >= 11 is 1.48. The van der Waals surface area contributed by atoms with Gasteiger partial charge in [-0.2, -0.15) is 0 Å². The summed E-state index contributed by atoms with van der Waals surface area (Å²) in [5.41, 5.74) is -0.163. The van der Waals surface area contributed by atoms with Crippen LogP contribution in [0.3, 0.4) is 0 Å². The number of rotatable bonds is 2. The Morgan fingerprint density at radius 2 is 2.24 bits per heavy atom. The van der Waals surface area contributed by atoms with Crippen molar-refractivity contribution >= 4 is 28.7 Å². The number of carbonyl (C=O) groups is 1. The van der Waals surface area contributed by atoms with Crippen molar-refractivity contribution in [3.8, 4) is 0 Å². The Labute approximate surface area is 150 Å². The number of alkyl carbamates (subject to hydrolysis) is 1. The maximum atomic E-state index is 12.0. The van der Waals surface area contributed by atoms with Crippen LogP contribution in [0.15, 0.2) is 29.3 Å². The van der Waals surface area contributed by atoms with Gasteiger partial charge in [-0.25, -0.2) is 4.79 Å². The van der Waals surface area contributed by atoms with E-state index in [1.165, 1.54) is 17.8 Å². The van der Waals surface area contributed by atoms with Crippen LogP contribution in [0.4, 0.5) is 10.5 Å². The van der Waals surface area contributed by atoms with Crippen LogP contribution in [0.1, 0.15) is 39.2 Å². The molecule has 0 spiro atoms. The van der Waals surface area contributed by atoms with Gasteiger partial charge < -0.3 is 4.74 Å². The van der Waals surface area contributed by atoms with Crippen molar-refractivity contribution < 1.29 is 14.5 Å². The highest BCUT2D eigenvalue weighted by atomic mass is 32.2. The number of nitro groups is 1. The van der Waals surface area contributed by atoms with Crippen LogP contribution in [0.2, 0.25) is 0 Å². The summed E-state index contributed by atoms with van der Waals surface area (Å²) in [4.78, 5) is 27.5. The normalized spacial score (nSPS) is 25.2. The fourth-order valence-electron chi connectivity index (χ4n) is 3.07. The zero-order valence-corrected chi connectivity index (χ0v) is 15.3. The van der Waals surface area contributed by atoms with Gasteiger partial charge in [-0.15, -0.1) is 0 Å². The monoisotopic (exact) mass is 363 g/mol. The van der Waals surface area contributed by atoms with Gasteiger partial charge in [0.25, 0.3) is 5.69 Å². The summed E-state index contributed by atoms with van der Waals surface area (Å²) in [7, 11) is 0. The third-order valence-corrected chi connectivity index (χ3v) is 5.15. The summed E-state index contributed by atoms with van der Waals surface area (Å²) in [6.45, 7) is 5.41. The molecule has 7 nitrogen and oxygen atoms in total. The summed E-state index contributed by atoms with van der Waals surface area (Å²) < 4.78 is 5.29. The average Bonchev–Trinajstić information content (AvgIpc) is 3.20. The fourth-order valence-corrected chi connectivity index (χ4v) is 4.05. The number of thioether (sulfide) groups is 1. The molecule has 1 aliphatic heterocycles. The fraction of sp³-hybridized carbons (Fsp3) is 0.529. The zero-order valence-electron chi connectivity index (χ0n) is 14.4. The van der Waals surface area contributed by atoms with E-state index in [0.29, 0.717) is 11.1 Å². The van der Waals surface area contributed by atoms with E-state index in [4.69, 9.17) is 9.73 Å². The SMILES string of the molecule is CC(C)(C)OC(=O)NC1=N[C@@]2(c3cccc([N+](=O)[O-])c3)C[C@H]2CCS1. The molecule has 1 saturated carbocycles. The minimum atomic E-state index is -0.583.